The molecule has 0 saturated carbocycles. The molecule has 2 aliphatic heterocycles. The number of anilines is 1. The van der Waals surface area contributed by atoms with Gasteiger partial charge in [-0.3, -0.25) is 0 Å². The van der Waals surface area contributed by atoms with Crippen molar-refractivity contribution in [2.45, 2.75) is 37.1 Å². The molecule has 0 unspecified atom stereocenters. The van der Waals surface area contributed by atoms with Gasteiger partial charge in [-0.15, -0.1) is 4.40 Å². The summed E-state index contributed by atoms with van der Waals surface area (Å²) in [5.74, 6) is 1.41. The summed E-state index contributed by atoms with van der Waals surface area (Å²) in [4.78, 5) is 4.68. The van der Waals surface area contributed by atoms with E-state index in [0.29, 0.717) is 24.1 Å². The molecule has 0 amide bonds. The van der Waals surface area contributed by atoms with Crippen molar-refractivity contribution in [2.24, 2.45) is 4.40 Å². The largest absolute Gasteiger partial charge is 0.494 e. The molecule has 5 rings (SSSR count). The fourth-order valence-corrected chi connectivity index (χ4v) is 6.23. The van der Waals surface area contributed by atoms with E-state index in [1.807, 2.05) is 37.3 Å². The Morgan fingerprint density at radius 2 is 1.80 bits per heavy atom. The Kier molecular flexibility index (Phi) is 6.38. The molecule has 1 saturated heterocycles. The van der Waals surface area contributed by atoms with Crippen molar-refractivity contribution in [3.8, 4) is 5.75 Å². The molecule has 0 radical (unpaired) electrons. The first-order chi connectivity index (χ1) is 16.9. The number of ether oxygens (including phenoxy) is 1. The van der Waals surface area contributed by atoms with Gasteiger partial charge in [-0.05, 0) is 69.8 Å². The maximum absolute atomic E-state index is 13.6. The number of hydrogen-bond donors (Lipinski definition) is 0. The minimum atomic E-state index is -3.96. The third kappa shape index (κ3) is 4.58. The molecule has 2 atom stereocenters. The number of rotatable bonds is 5. The monoisotopic (exact) mass is 489 g/mol. The van der Waals surface area contributed by atoms with Gasteiger partial charge < -0.3 is 14.5 Å². The summed E-state index contributed by atoms with van der Waals surface area (Å²) in [7, 11) is -1.81. The lowest BCUT2D eigenvalue weighted by Crippen LogP contribution is -2.47. The standard InChI is InChI=1S/C28H31N3O3S/c1-4-34-22-11-13-23(14-12-22)35(32,33)29-28(21-8-6-5-7-9-21)31-26-15-10-20(2)18-24(26)25-19-30(3)17-16-27(25)31/h5-15,18,25,27H,4,16-17,19H2,1-3H3/t25-,27-/m0/s1. The van der Waals surface area contributed by atoms with E-state index in [1.165, 1.54) is 11.1 Å². The second-order valence-corrected chi connectivity index (χ2v) is 10.9. The maximum Gasteiger partial charge on any atom is 0.284 e. The van der Waals surface area contributed by atoms with Crippen molar-refractivity contribution in [3.63, 3.8) is 0 Å². The molecule has 6 nitrogen and oxygen atoms in total. The van der Waals surface area contributed by atoms with Crippen LogP contribution in [0.25, 0.3) is 0 Å². The summed E-state index contributed by atoms with van der Waals surface area (Å²) in [6, 6.07) is 22.7. The molecule has 2 heterocycles. The van der Waals surface area contributed by atoms with Crippen LogP contribution in [0.3, 0.4) is 0 Å². The van der Waals surface area contributed by atoms with Crippen LogP contribution >= 0.6 is 0 Å². The average molecular weight is 490 g/mol. The molecule has 0 aliphatic carbocycles. The van der Waals surface area contributed by atoms with E-state index < -0.39 is 10.0 Å². The summed E-state index contributed by atoms with van der Waals surface area (Å²) < 4.78 is 37.1. The lowest BCUT2D eigenvalue weighted by atomic mass is 9.88. The number of benzene rings is 3. The molecule has 3 aromatic carbocycles. The summed E-state index contributed by atoms with van der Waals surface area (Å²) in [6.45, 7) is 6.41. The van der Waals surface area contributed by atoms with Gasteiger partial charge in [0.15, 0.2) is 5.84 Å². The van der Waals surface area contributed by atoms with Crippen LogP contribution in [-0.4, -0.2) is 51.9 Å². The van der Waals surface area contributed by atoms with E-state index in [-0.39, 0.29) is 10.9 Å². The van der Waals surface area contributed by atoms with Gasteiger partial charge in [0.05, 0.1) is 11.5 Å². The lowest BCUT2D eigenvalue weighted by molar-refractivity contribution is 0.237. The van der Waals surface area contributed by atoms with Gasteiger partial charge in [0.2, 0.25) is 0 Å². The number of likely N-dealkylation sites (N-methyl/N-ethyl adjacent to an activating group) is 1. The molecule has 35 heavy (non-hydrogen) atoms. The number of nitrogens with zero attached hydrogens (tertiary/aromatic N) is 3. The molecular weight excluding hydrogens is 458 g/mol. The third-order valence-electron chi connectivity index (χ3n) is 6.85. The van der Waals surface area contributed by atoms with Crippen LogP contribution in [0.1, 0.15) is 36.0 Å². The molecule has 3 aromatic rings. The molecule has 7 heteroatoms. The normalized spacial score (nSPS) is 20.4. The fourth-order valence-electron chi connectivity index (χ4n) is 5.22. The van der Waals surface area contributed by atoms with Crippen molar-refractivity contribution in [1.29, 1.82) is 0 Å². The minimum Gasteiger partial charge on any atom is -0.494 e. The first kappa shape index (κ1) is 23.6. The van der Waals surface area contributed by atoms with Crippen LogP contribution < -0.4 is 9.64 Å². The molecule has 0 aromatic heterocycles. The predicted molar refractivity (Wildman–Crippen MR) is 140 cm³/mol. The molecule has 0 N–H and O–H groups in total. The molecule has 2 aliphatic rings. The van der Waals surface area contributed by atoms with E-state index in [2.05, 4.69) is 46.4 Å². The van der Waals surface area contributed by atoms with Gasteiger partial charge in [0, 0.05) is 29.8 Å². The summed E-state index contributed by atoms with van der Waals surface area (Å²) in [5, 5.41) is 0. The number of hydrogen-bond acceptors (Lipinski definition) is 4. The summed E-state index contributed by atoms with van der Waals surface area (Å²) >= 11 is 0. The zero-order valence-corrected chi connectivity index (χ0v) is 21.2. The first-order valence-corrected chi connectivity index (χ1v) is 13.5. The highest BCUT2D eigenvalue weighted by atomic mass is 32.2. The SMILES string of the molecule is CCOc1ccc(S(=O)(=O)N=C(c2ccccc2)N2c3ccc(C)cc3[C@@H]3CN(C)CC[C@@H]32)cc1. The molecule has 0 bridgehead atoms. The highest BCUT2D eigenvalue weighted by Crippen LogP contribution is 2.46. The number of piperidine rings is 1. The number of amidine groups is 1. The van der Waals surface area contributed by atoms with E-state index in [0.717, 1.165) is 30.8 Å². The number of sulfonamides is 1. The van der Waals surface area contributed by atoms with Crippen LogP contribution in [-0.2, 0) is 10.0 Å². The highest BCUT2D eigenvalue weighted by molar-refractivity contribution is 7.90. The zero-order valence-electron chi connectivity index (χ0n) is 20.4. The van der Waals surface area contributed by atoms with Gasteiger partial charge in [-0.2, -0.15) is 8.42 Å². The van der Waals surface area contributed by atoms with Crippen LogP contribution in [0.5, 0.6) is 5.75 Å². The Balaban J connectivity index is 1.65. The van der Waals surface area contributed by atoms with Crippen LogP contribution in [0, 0.1) is 6.92 Å². The van der Waals surface area contributed by atoms with E-state index in [4.69, 9.17) is 4.74 Å². The third-order valence-corrected chi connectivity index (χ3v) is 8.13. The topological polar surface area (TPSA) is 62.2 Å². The van der Waals surface area contributed by atoms with Crippen molar-refractivity contribution >= 4 is 21.5 Å². The van der Waals surface area contributed by atoms with Crippen molar-refractivity contribution < 1.29 is 13.2 Å². The first-order valence-electron chi connectivity index (χ1n) is 12.1. The Bertz CT molecular complexity index is 1340. The second kappa shape index (κ2) is 9.47. The maximum atomic E-state index is 13.6. The quantitative estimate of drug-likeness (QED) is 0.379. The fraction of sp³-hybridized carbons (Fsp3) is 0.321. The Hall–Kier alpha value is -3.16. The van der Waals surface area contributed by atoms with Crippen LogP contribution in [0.15, 0.2) is 82.1 Å². The number of aryl methyl sites for hydroxylation is 1. The Morgan fingerprint density at radius 1 is 1.06 bits per heavy atom. The van der Waals surface area contributed by atoms with Crippen LogP contribution in [0.2, 0.25) is 0 Å². The Morgan fingerprint density at radius 3 is 2.51 bits per heavy atom. The van der Waals surface area contributed by atoms with E-state index >= 15 is 0 Å². The van der Waals surface area contributed by atoms with Crippen LogP contribution in [0.4, 0.5) is 5.69 Å². The molecule has 0 spiro atoms. The number of likely N-dealkylation sites (tertiary alicyclic amines) is 1. The summed E-state index contributed by atoms with van der Waals surface area (Å²) in [6.07, 6.45) is 0.934. The Labute approximate surface area is 207 Å². The lowest BCUT2D eigenvalue weighted by Gasteiger charge is -2.37. The van der Waals surface area contributed by atoms with Gasteiger partial charge >= 0.3 is 0 Å². The van der Waals surface area contributed by atoms with E-state index in [1.54, 1.807) is 24.3 Å². The molecule has 1 fully saturated rings. The zero-order chi connectivity index (χ0) is 24.6. The van der Waals surface area contributed by atoms with Gasteiger partial charge in [-0.1, -0.05) is 48.0 Å². The van der Waals surface area contributed by atoms with Gasteiger partial charge in [0.1, 0.15) is 5.75 Å². The van der Waals surface area contributed by atoms with E-state index in [9.17, 15) is 8.42 Å². The minimum absolute atomic E-state index is 0.150. The number of fused-ring (bicyclic) bond motifs is 3. The second-order valence-electron chi connectivity index (χ2n) is 9.32. The van der Waals surface area contributed by atoms with Gasteiger partial charge in [-0.25, -0.2) is 0 Å². The molecule has 182 valence electrons. The predicted octanol–water partition coefficient (Wildman–Crippen LogP) is 4.84. The van der Waals surface area contributed by atoms with Gasteiger partial charge in [0.25, 0.3) is 10.0 Å². The average Bonchev–Trinajstić information content (AvgIpc) is 3.16. The van der Waals surface area contributed by atoms with Crippen molar-refractivity contribution in [3.05, 3.63) is 89.5 Å². The molecular formula is C28H31N3O3S. The highest BCUT2D eigenvalue weighted by Gasteiger charge is 2.43. The van der Waals surface area contributed by atoms with Crippen molar-refractivity contribution in [1.82, 2.24) is 4.90 Å². The smallest absolute Gasteiger partial charge is 0.284 e. The summed E-state index contributed by atoms with van der Waals surface area (Å²) in [5.41, 5.74) is 4.31. The van der Waals surface area contributed by atoms with Crippen molar-refractivity contribution in [2.75, 3.05) is 31.6 Å².